The van der Waals surface area contributed by atoms with E-state index in [9.17, 15) is 14.4 Å². The molecule has 6 nitrogen and oxygen atoms in total. The molecule has 1 aliphatic heterocycles. The van der Waals surface area contributed by atoms with Crippen molar-refractivity contribution in [2.45, 2.75) is 32.6 Å². The maximum Gasteiger partial charge on any atom is 0.306 e. The van der Waals surface area contributed by atoms with Gasteiger partial charge in [-0.3, -0.25) is 14.4 Å². The van der Waals surface area contributed by atoms with Crippen LogP contribution in [0.5, 0.6) is 0 Å². The van der Waals surface area contributed by atoms with Gasteiger partial charge in [0.1, 0.15) is 0 Å². The number of esters is 1. The third kappa shape index (κ3) is 5.72. The van der Waals surface area contributed by atoms with Crippen molar-refractivity contribution in [3.05, 3.63) is 0 Å². The molecule has 0 aromatic carbocycles. The van der Waals surface area contributed by atoms with Gasteiger partial charge in [-0.15, -0.1) is 0 Å². The fraction of sp³-hybridized carbons (Fsp3) is 0.769. The Balaban J connectivity index is 2.15. The van der Waals surface area contributed by atoms with Crippen LogP contribution < -0.4 is 5.32 Å². The maximum absolute atomic E-state index is 11.5. The molecule has 0 atom stereocenters. The summed E-state index contributed by atoms with van der Waals surface area (Å²) in [5.41, 5.74) is 0. The van der Waals surface area contributed by atoms with E-state index >= 15 is 0 Å². The number of methoxy groups -OCH3 is 1. The molecule has 0 unspecified atom stereocenters. The van der Waals surface area contributed by atoms with Crippen molar-refractivity contribution in [1.29, 1.82) is 0 Å². The Morgan fingerprint density at radius 3 is 2.37 bits per heavy atom. The molecular weight excluding hydrogens is 248 g/mol. The lowest BCUT2D eigenvalue weighted by Gasteiger charge is -2.31. The predicted octanol–water partition coefficient (Wildman–Crippen LogP) is 0.314. The van der Waals surface area contributed by atoms with Crippen molar-refractivity contribution in [3.8, 4) is 0 Å². The number of piperidine rings is 1. The molecule has 0 saturated carbocycles. The Morgan fingerprint density at radius 2 is 1.84 bits per heavy atom. The molecule has 6 heteroatoms. The second-order valence-electron chi connectivity index (χ2n) is 4.83. The highest BCUT2D eigenvalue weighted by molar-refractivity contribution is 5.81. The Bertz CT molecular complexity index is 336. The second kappa shape index (κ2) is 7.76. The monoisotopic (exact) mass is 270 g/mol. The van der Waals surface area contributed by atoms with Crippen molar-refractivity contribution in [2.24, 2.45) is 5.92 Å². The van der Waals surface area contributed by atoms with Crippen molar-refractivity contribution in [1.82, 2.24) is 10.2 Å². The Morgan fingerprint density at radius 1 is 1.21 bits per heavy atom. The van der Waals surface area contributed by atoms with Gasteiger partial charge >= 0.3 is 5.97 Å². The average Bonchev–Trinajstić information content (AvgIpc) is 2.42. The molecule has 1 aliphatic rings. The van der Waals surface area contributed by atoms with Gasteiger partial charge in [0, 0.05) is 33.0 Å². The lowest BCUT2D eigenvalue weighted by atomic mass is 9.96. The molecule has 2 amide bonds. The van der Waals surface area contributed by atoms with Gasteiger partial charge < -0.3 is 15.0 Å². The van der Waals surface area contributed by atoms with Crippen LogP contribution in [0.25, 0.3) is 0 Å². The minimum atomic E-state index is -0.370. The first kappa shape index (κ1) is 15.5. The average molecular weight is 270 g/mol. The van der Waals surface area contributed by atoms with Gasteiger partial charge in [0.15, 0.2) is 0 Å². The first-order chi connectivity index (χ1) is 9.02. The number of nitrogens with one attached hydrogen (secondary N) is 1. The number of carbonyl (C=O) groups excluding carboxylic acids is 3. The first-order valence-electron chi connectivity index (χ1n) is 6.62. The predicted molar refractivity (Wildman–Crippen MR) is 69.2 cm³/mol. The van der Waals surface area contributed by atoms with Crippen LogP contribution in [0.2, 0.25) is 0 Å². The van der Waals surface area contributed by atoms with E-state index in [4.69, 9.17) is 0 Å². The minimum absolute atomic E-state index is 0.112. The van der Waals surface area contributed by atoms with E-state index in [0.29, 0.717) is 12.5 Å². The third-order valence-corrected chi connectivity index (χ3v) is 3.43. The fourth-order valence-electron chi connectivity index (χ4n) is 2.12. The minimum Gasteiger partial charge on any atom is -0.469 e. The largest absolute Gasteiger partial charge is 0.469 e. The molecule has 1 rings (SSSR count). The first-order valence-corrected chi connectivity index (χ1v) is 6.62. The molecule has 0 spiro atoms. The van der Waals surface area contributed by atoms with Crippen molar-refractivity contribution in [2.75, 3.05) is 26.7 Å². The molecule has 0 aromatic rings. The van der Waals surface area contributed by atoms with Gasteiger partial charge in [-0.2, -0.15) is 0 Å². The van der Waals surface area contributed by atoms with E-state index in [1.165, 1.54) is 7.11 Å². The molecule has 0 bridgehead atoms. The van der Waals surface area contributed by atoms with Crippen molar-refractivity contribution >= 4 is 17.8 Å². The Labute approximate surface area is 113 Å². The summed E-state index contributed by atoms with van der Waals surface area (Å²) in [4.78, 5) is 35.4. The number of likely N-dealkylation sites (tertiary alicyclic amines) is 1. The highest BCUT2D eigenvalue weighted by Crippen LogP contribution is 2.16. The van der Waals surface area contributed by atoms with Gasteiger partial charge in [-0.1, -0.05) is 0 Å². The van der Waals surface area contributed by atoms with Crippen molar-refractivity contribution < 1.29 is 19.1 Å². The molecule has 19 heavy (non-hydrogen) atoms. The molecule has 0 radical (unpaired) electrons. The molecule has 1 heterocycles. The quantitative estimate of drug-likeness (QED) is 0.730. The number of nitrogens with zero attached hydrogens (tertiary/aromatic N) is 1. The fourth-order valence-corrected chi connectivity index (χ4v) is 2.12. The number of rotatable bonds is 5. The standard InChI is InChI=1S/C13H22N2O4/c1-10(16)15-7-5-11(6-8-15)9-14-12(17)3-4-13(18)19-2/h11H,3-9H2,1-2H3,(H,14,17). The van der Waals surface area contributed by atoms with Crippen LogP contribution >= 0.6 is 0 Å². The zero-order chi connectivity index (χ0) is 14.3. The van der Waals surface area contributed by atoms with E-state index in [0.717, 1.165) is 25.9 Å². The smallest absolute Gasteiger partial charge is 0.306 e. The van der Waals surface area contributed by atoms with Crippen LogP contribution in [0.15, 0.2) is 0 Å². The summed E-state index contributed by atoms with van der Waals surface area (Å²) in [6.45, 7) is 3.72. The Hall–Kier alpha value is -1.59. The molecule has 108 valence electrons. The van der Waals surface area contributed by atoms with Gasteiger partial charge in [-0.05, 0) is 18.8 Å². The van der Waals surface area contributed by atoms with E-state index in [2.05, 4.69) is 10.1 Å². The van der Waals surface area contributed by atoms with Crippen LogP contribution in [0.4, 0.5) is 0 Å². The summed E-state index contributed by atoms with van der Waals surface area (Å²) in [6, 6.07) is 0. The Kier molecular flexibility index (Phi) is 6.32. The highest BCUT2D eigenvalue weighted by Gasteiger charge is 2.20. The summed E-state index contributed by atoms with van der Waals surface area (Å²) in [5, 5.41) is 2.83. The van der Waals surface area contributed by atoms with E-state index in [1.54, 1.807) is 6.92 Å². The zero-order valence-corrected chi connectivity index (χ0v) is 11.6. The van der Waals surface area contributed by atoms with E-state index in [1.807, 2.05) is 4.90 Å². The summed E-state index contributed by atoms with van der Waals surface area (Å²) in [7, 11) is 1.31. The molecule has 1 saturated heterocycles. The molecule has 1 fully saturated rings. The van der Waals surface area contributed by atoms with Crippen LogP contribution in [0.1, 0.15) is 32.6 Å². The number of carbonyl (C=O) groups is 3. The van der Waals surface area contributed by atoms with Crippen LogP contribution in [0.3, 0.4) is 0 Å². The van der Waals surface area contributed by atoms with Gasteiger partial charge in [0.25, 0.3) is 0 Å². The lowest BCUT2D eigenvalue weighted by molar-refractivity contribution is -0.142. The summed E-state index contributed by atoms with van der Waals surface area (Å²) < 4.78 is 4.47. The highest BCUT2D eigenvalue weighted by atomic mass is 16.5. The van der Waals surface area contributed by atoms with Crippen LogP contribution in [0, 0.1) is 5.92 Å². The maximum atomic E-state index is 11.5. The van der Waals surface area contributed by atoms with E-state index < -0.39 is 0 Å². The van der Waals surface area contributed by atoms with Gasteiger partial charge in [0.2, 0.25) is 11.8 Å². The SMILES string of the molecule is COC(=O)CCC(=O)NCC1CCN(C(C)=O)CC1. The third-order valence-electron chi connectivity index (χ3n) is 3.43. The second-order valence-corrected chi connectivity index (χ2v) is 4.83. The van der Waals surface area contributed by atoms with Crippen LogP contribution in [-0.2, 0) is 19.1 Å². The van der Waals surface area contributed by atoms with Gasteiger partial charge in [-0.25, -0.2) is 0 Å². The molecule has 0 aromatic heterocycles. The van der Waals surface area contributed by atoms with Crippen LogP contribution in [-0.4, -0.2) is 49.4 Å². The summed E-state index contributed by atoms with van der Waals surface area (Å²) in [5.74, 6) is 0.0301. The van der Waals surface area contributed by atoms with E-state index in [-0.39, 0.29) is 30.6 Å². The molecular formula is C13H22N2O4. The topological polar surface area (TPSA) is 75.7 Å². The van der Waals surface area contributed by atoms with Crippen molar-refractivity contribution in [3.63, 3.8) is 0 Å². The summed E-state index contributed by atoms with van der Waals surface area (Å²) in [6.07, 6.45) is 2.11. The van der Waals surface area contributed by atoms with Gasteiger partial charge in [0.05, 0.1) is 13.5 Å². The molecule has 0 aliphatic carbocycles. The lowest BCUT2D eigenvalue weighted by Crippen LogP contribution is -2.40. The number of hydrogen-bond acceptors (Lipinski definition) is 4. The summed E-state index contributed by atoms with van der Waals surface area (Å²) >= 11 is 0. The number of ether oxygens (including phenoxy) is 1. The number of hydrogen-bond donors (Lipinski definition) is 1. The molecule has 1 N–H and O–H groups in total. The zero-order valence-electron chi connectivity index (χ0n) is 11.6. The number of amides is 2. The normalized spacial score (nSPS) is 16.0.